The second kappa shape index (κ2) is 5.85. The number of benzene rings is 2. The van der Waals surface area contributed by atoms with Crippen LogP contribution in [0, 0.1) is 6.92 Å². The van der Waals surface area contributed by atoms with Gasteiger partial charge in [-0.05, 0) is 43.3 Å². The Kier molecular flexibility index (Phi) is 3.74. The zero-order valence-electron chi connectivity index (χ0n) is 12.5. The summed E-state index contributed by atoms with van der Waals surface area (Å²) in [5, 5.41) is 4.52. The number of aryl methyl sites for hydroxylation is 1. The van der Waals surface area contributed by atoms with Gasteiger partial charge in [-0.3, -0.25) is 4.79 Å². The maximum atomic E-state index is 11.5. The molecule has 0 saturated carbocycles. The average Bonchev–Trinajstić information content (AvgIpc) is 2.92. The third-order valence-electron chi connectivity index (χ3n) is 3.59. The van der Waals surface area contributed by atoms with Gasteiger partial charge in [-0.2, -0.15) is 5.10 Å². The third-order valence-corrected chi connectivity index (χ3v) is 3.59. The molecule has 1 heterocycles. The normalized spacial score (nSPS) is 10.5. The molecule has 0 spiro atoms. The fourth-order valence-electron chi connectivity index (χ4n) is 2.46. The van der Waals surface area contributed by atoms with E-state index in [-0.39, 0.29) is 0 Å². The largest absolute Gasteiger partial charge is 0.497 e. The maximum absolute atomic E-state index is 11.5. The molecule has 0 amide bonds. The van der Waals surface area contributed by atoms with E-state index in [1.54, 1.807) is 11.8 Å². The number of para-hydroxylation sites is 1. The number of aldehydes is 1. The number of methoxy groups -OCH3 is 1. The average molecular weight is 292 g/mol. The molecule has 1 aromatic heterocycles. The quantitative estimate of drug-likeness (QED) is 0.689. The number of carbonyl (C=O) groups excluding carboxylic acids is 1. The monoisotopic (exact) mass is 292 g/mol. The zero-order chi connectivity index (χ0) is 15.5. The van der Waals surface area contributed by atoms with Gasteiger partial charge < -0.3 is 4.74 Å². The third kappa shape index (κ3) is 2.39. The highest BCUT2D eigenvalue weighted by molar-refractivity contribution is 5.88. The Morgan fingerprint density at radius 3 is 2.32 bits per heavy atom. The second-order valence-electron chi connectivity index (χ2n) is 4.94. The van der Waals surface area contributed by atoms with Crippen molar-refractivity contribution in [1.29, 1.82) is 0 Å². The summed E-state index contributed by atoms with van der Waals surface area (Å²) in [6.45, 7) is 1.84. The molecule has 3 aromatic rings. The van der Waals surface area contributed by atoms with E-state index in [1.807, 2.05) is 61.5 Å². The summed E-state index contributed by atoms with van der Waals surface area (Å²) in [6.07, 6.45) is 0.862. The number of hydrogen-bond donors (Lipinski definition) is 0. The number of rotatable bonds is 4. The summed E-state index contributed by atoms with van der Waals surface area (Å²) in [6, 6.07) is 17.4. The first-order valence-electron chi connectivity index (χ1n) is 6.99. The van der Waals surface area contributed by atoms with Crippen molar-refractivity contribution in [3.05, 3.63) is 65.9 Å². The minimum atomic E-state index is 0.606. The standard InChI is InChI=1S/C18H16N2O2/c1-13-17(12-21)18(14-8-10-16(22-2)11-9-14)20(19-13)15-6-4-3-5-7-15/h3-12H,1-2H3. The Hall–Kier alpha value is -2.88. The molecule has 4 heteroatoms. The Morgan fingerprint density at radius 1 is 1.05 bits per heavy atom. The van der Waals surface area contributed by atoms with E-state index in [0.29, 0.717) is 11.3 Å². The van der Waals surface area contributed by atoms with Gasteiger partial charge in [0.1, 0.15) is 5.75 Å². The summed E-state index contributed by atoms with van der Waals surface area (Å²) in [5.74, 6) is 0.777. The fourth-order valence-corrected chi connectivity index (χ4v) is 2.46. The van der Waals surface area contributed by atoms with Crippen LogP contribution in [-0.2, 0) is 0 Å². The van der Waals surface area contributed by atoms with Crippen LogP contribution in [0.3, 0.4) is 0 Å². The highest BCUT2D eigenvalue weighted by Gasteiger charge is 2.17. The van der Waals surface area contributed by atoms with Gasteiger partial charge >= 0.3 is 0 Å². The highest BCUT2D eigenvalue weighted by Crippen LogP contribution is 2.29. The van der Waals surface area contributed by atoms with Crippen molar-refractivity contribution in [3.63, 3.8) is 0 Å². The van der Waals surface area contributed by atoms with E-state index in [4.69, 9.17) is 4.74 Å². The van der Waals surface area contributed by atoms with Crippen molar-refractivity contribution < 1.29 is 9.53 Å². The van der Waals surface area contributed by atoms with Crippen LogP contribution < -0.4 is 4.74 Å². The van der Waals surface area contributed by atoms with Crippen LogP contribution in [0.1, 0.15) is 16.1 Å². The Morgan fingerprint density at radius 2 is 1.73 bits per heavy atom. The Labute approximate surface area is 129 Å². The molecule has 0 saturated heterocycles. The molecule has 0 aliphatic carbocycles. The predicted molar refractivity (Wildman–Crippen MR) is 85.7 cm³/mol. The van der Waals surface area contributed by atoms with Gasteiger partial charge in [0.05, 0.1) is 29.7 Å². The molecule has 0 aliphatic rings. The van der Waals surface area contributed by atoms with Crippen LogP contribution in [0.5, 0.6) is 5.75 Å². The molecule has 22 heavy (non-hydrogen) atoms. The summed E-state index contributed by atoms with van der Waals surface area (Å²) in [5.41, 5.74) is 3.96. The van der Waals surface area contributed by atoms with E-state index in [1.165, 1.54) is 0 Å². The van der Waals surface area contributed by atoms with Gasteiger partial charge in [0, 0.05) is 5.56 Å². The lowest BCUT2D eigenvalue weighted by molar-refractivity contribution is 0.112. The number of aromatic nitrogens is 2. The van der Waals surface area contributed by atoms with Gasteiger partial charge in [-0.15, -0.1) is 0 Å². The van der Waals surface area contributed by atoms with Crippen LogP contribution in [0.25, 0.3) is 16.9 Å². The number of ether oxygens (including phenoxy) is 1. The van der Waals surface area contributed by atoms with Crippen molar-refractivity contribution >= 4 is 6.29 Å². The van der Waals surface area contributed by atoms with Crippen molar-refractivity contribution in [1.82, 2.24) is 9.78 Å². The molecule has 0 fully saturated rings. The molecule has 4 nitrogen and oxygen atoms in total. The SMILES string of the molecule is COc1ccc(-c2c(C=O)c(C)nn2-c2ccccc2)cc1. The lowest BCUT2D eigenvalue weighted by Crippen LogP contribution is -1.99. The molecule has 0 N–H and O–H groups in total. The van der Waals surface area contributed by atoms with E-state index in [0.717, 1.165) is 29.0 Å². The van der Waals surface area contributed by atoms with Gasteiger partial charge in [-0.25, -0.2) is 4.68 Å². The molecule has 0 bridgehead atoms. The van der Waals surface area contributed by atoms with E-state index >= 15 is 0 Å². The number of carbonyl (C=O) groups is 1. The van der Waals surface area contributed by atoms with Crippen LogP contribution in [0.15, 0.2) is 54.6 Å². The van der Waals surface area contributed by atoms with E-state index in [9.17, 15) is 4.79 Å². The molecule has 110 valence electrons. The van der Waals surface area contributed by atoms with Crippen LogP contribution in [0.4, 0.5) is 0 Å². The first-order valence-corrected chi connectivity index (χ1v) is 6.99. The van der Waals surface area contributed by atoms with Crippen molar-refractivity contribution in [2.24, 2.45) is 0 Å². The lowest BCUT2D eigenvalue weighted by Gasteiger charge is -2.09. The first kappa shape index (κ1) is 14.1. The number of nitrogens with zero attached hydrogens (tertiary/aromatic N) is 2. The molecule has 2 aromatic carbocycles. The first-order chi connectivity index (χ1) is 10.7. The number of hydrogen-bond acceptors (Lipinski definition) is 3. The Balaban J connectivity index is 2.22. The topological polar surface area (TPSA) is 44.1 Å². The molecule has 0 atom stereocenters. The van der Waals surface area contributed by atoms with Crippen molar-refractivity contribution in [2.45, 2.75) is 6.92 Å². The second-order valence-corrected chi connectivity index (χ2v) is 4.94. The molecule has 0 unspecified atom stereocenters. The van der Waals surface area contributed by atoms with Crippen LogP contribution in [0.2, 0.25) is 0 Å². The Bertz CT molecular complexity index is 790. The van der Waals surface area contributed by atoms with E-state index in [2.05, 4.69) is 5.10 Å². The highest BCUT2D eigenvalue weighted by atomic mass is 16.5. The summed E-state index contributed by atoms with van der Waals surface area (Å²) in [7, 11) is 1.63. The minimum absolute atomic E-state index is 0.606. The zero-order valence-corrected chi connectivity index (χ0v) is 12.5. The smallest absolute Gasteiger partial charge is 0.154 e. The molecular formula is C18H16N2O2. The molecule has 3 rings (SSSR count). The summed E-state index contributed by atoms with van der Waals surface area (Å²) < 4.78 is 7.00. The summed E-state index contributed by atoms with van der Waals surface area (Å²) >= 11 is 0. The van der Waals surface area contributed by atoms with Gasteiger partial charge in [0.15, 0.2) is 6.29 Å². The van der Waals surface area contributed by atoms with Gasteiger partial charge in [-0.1, -0.05) is 18.2 Å². The lowest BCUT2D eigenvalue weighted by atomic mass is 10.1. The molecule has 0 radical (unpaired) electrons. The predicted octanol–water partition coefficient (Wildman–Crippen LogP) is 3.67. The molecule has 0 aliphatic heterocycles. The van der Waals surface area contributed by atoms with Gasteiger partial charge in [0.2, 0.25) is 0 Å². The molecular weight excluding hydrogens is 276 g/mol. The van der Waals surface area contributed by atoms with Crippen molar-refractivity contribution in [3.8, 4) is 22.7 Å². The fraction of sp³-hybridized carbons (Fsp3) is 0.111. The minimum Gasteiger partial charge on any atom is -0.497 e. The maximum Gasteiger partial charge on any atom is 0.154 e. The van der Waals surface area contributed by atoms with E-state index < -0.39 is 0 Å². The summed E-state index contributed by atoms with van der Waals surface area (Å²) in [4.78, 5) is 11.5. The van der Waals surface area contributed by atoms with Crippen LogP contribution in [-0.4, -0.2) is 23.2 Å². The van der Waals surface area contributed by atoms with Crippen molar-refractivity contribution in [2.75, 3.05) is 7.11 Å². The van der Waals surface area contributed by atoms with Gasteiger partial charge in [0.25, 0.3) is 0 Å². The van der Waals surface area contributed by atoms with Crippen LogP contribution >= 0.6 is 0 Å².